The molecule has 2 fully saturated rings. The number of para-hydroxylation sites is 1. The van der Waals surface area contributed by atoms with E-state index in [9.17, 15) is 24.3 Å². The molecule has 0 spiro atoms. The van der Waals surface area contributed by atoms with Gasteiger partial charge in [0.2, 0.25) is 29.4 Å². The van der Waals surface area contributed by atoms with Gasteiger partial charge < -0.3 is 40.1 Å². The van der Waals surface area contributed by atoms with Crippen molar-refractivity contribution in [2.24, 2.45) is 5.92 Å². The molecule has 50 heavy (non-hydrogen) atoms. The van der Waals surface area contributed by atoms with Gasteiger partial charge in [0, 0.05) is 32.0 Å². The number of nitrogens with one attached hydrogen (secondary N) is 3. The van der Waals surface area contributed by atoms with Crippen molar-refractivity contribution < 1.29 is 33.5 Å². The topological polar surface area (TPSA) is 179 Å². The average molecular weight is 696 g/mol. The molecule has 4 amide bonds. The van der Waals surface area contributed by atoms with Crippen LogP contribution in [0.1, 0.15) is 100 Å². The van der Waals surface area contributed by atoms with Crippen LogP contribution in [-0.2, 0) is 27.4 Å². The van der Waals surface area contributed by atoms with Crippen molar-refractivity contribution in [2.45, 2.75) is 115 Å². The van der Waals surface area contributed by atoms with Gasteiger partial charge in [0.15, 0.2) is 6.61 Å². The first-order valence-corrected chi connectivity index (χ1v) is 18.3. The van der Waals surface area contributed by atoms with E-state index in [2.05, 4.69) is 26.1 Å². The van der Waals surface area contributed by atoms with Gasteiger partial charge in [-0.05, 0) is 63.2 Å². The molecule has 0 unspecified atom stereocenters. The number of aryl methyl sites for hydroxylation is 1. The van der Waals surface area contributed by atoms with Crippen molar-refractivity contribution in [2.75, 3.05) is 32.7 Å². The monoisotopic (exact) mass is 695 g/mol. The number of piperidine rings is 1. The lowest BCUT2D eigenvalue weighted by Gasteiger charge is -2.38. The molecule has 3 aliphatic heterocycles. The summed E-state index contributed by atoms with van der Waals surface area (Å²) in [6, 6.07) is 4.65. The minimum absolute atomic E-state index is 0.00169. The Hall–Kier alpha value is -4.04. The van der Waals surface area contributed by atoms with Crippen molar-refractivity contribution >= 4 is 23.6 Å². The summed E-state index contributed by atoms with van der Waals surface area (Å²) in [6.45, 7) is 5.70. The lowest BCUT2D eigenvalue weighted by molar-refractivity contribution is -0.148. The summed E-state index contributed by atoms with van der Waals surface area (Å²) in [6.07, 6.45) is 7.32. The molecular formula is C36H53N7O7. The zero-order chi connectivity index (χ0) is 35.5. The predicted octanol–water partition coefficient (Wildman–Crippen LogP) is 2.35. The van der Waals surface area contributed by atoms with Crippen LogP contribution in [-0.4, -0.2) is 106 Å². The van der Waals surface area contributed by atoms with Crippen LogP contribution in [0.4, 0.5) is 0 Å². The number of carbonyl (C=O) groups excluding carboxylic acids is 4. The molecule has 1 aromatic heterocycles. The van der Waals surface area contributed by atoms with E-state index in [4.69, 9.17) is 9.26 Å². The number of aliphatic hydroxyl groups excluding tert-OH is 1. The number of benzene rings is 1. The molecule has 3 atom stereocenters. The highest BCUT2D eigenvalue weighted by Crippen LogP contribution is 2.26. The number of fused-ring (bicyclic) bond motifs is 4. The molecule has 0 saturated carbocycles. The number of carbonyl (C=O) groups is 4. The Morgan fingerprint density at radius 3 is 2.46 bits per heavy atom. The quantitative estimate of drug-likeness (QED) is 0.373. The van der Waals surface area contributed by atoms with Crippen LogP contribution in [0.5, 0.6) is 5.75 Å². The first kappa shape index (κ1) is 37.2. The Bertz CT molecular complexity index is 1440. The third-order valence-corrected chi connectivity index (χ3v) is 9.64. The van der Waals surface area contributed by atoms with Gasteiger partial charge in [-0.1, -0.05) is 56.8 Å². The molecule has 14 nitrogen and oxygen atoms in total. The fourth-order valence-electron chi connectivity index (χ4n) is 7.04. The van der Waals surface area contributed by atoms with E-state index in [1.165, 1.54) is 4.90 Å². The number of aliphatic hydroxyl groups is 1. The molecule has 2 bridgehead atoms. The number of hydrogen-bond donors (Lipinski definition) is 4. The van der Waals surface area contributed by atoms with Crippen LogP contribution in [0.2, 0.25) is 0 Å². The Balaban J connectivity index is 1.40. The number of aromatic nitrogens is 2. The number of amides is 4. The van der Waals surface area contributed by atoms with Crippen LogP contribution in [0.25, 0.3) is 0 Å². The predicted molar refractivity (Wildman–Crippen MR) is 184 cm³/mol. The maximum Gasteiger partial charge on any atom is 0.255 e. The minimum atomic E-state index is -0.967. The minimum Gasteiger partial charge on any atom is -0.485 e. The Morgan fingerprint density at radius 2 is 1.68 bits per heavy atom. The molecule has 1 aromatic carbocycles. The highest BCUT2D eigenvalue weighted by Gasteiger charge is 2.44. The normalized spacial score (nSPS) is 24.7. The first-order valence-electron chi connectivity index (χ1n) is 18.3. The first-order chi connectivity index (χ1) is 24.2. The molecular weight excluding hydrogens is 642 g/mol. The molecule has 0 aliphatic carbocycles. The van der Waals surface area contributed by atoms with Crippen molar-refractivity contribution in [3.8, 4) is 5.75 Å². The highest BCUT2D eigenvalue weighted by molar-refractivity contribution is 6.00. The van der Waals surface area contributed by atoms with Crippen LogP contribution in [0.3, 0.4) is 0 Å². The summed E-state index contributed by atoms with van der Waals surface area (Å²) in [4.78, 5) is 63.0. The second kappa shape index (κ2) is 18.3. The molecule has 2 saturated heterocycles. The molecule has 4 N–H and O–H groups in total. The largest absolute Gasteiger partial charge is 0.485 e. The molecule has 3 aliphatic rings. The van der Waals surface area contributed by atoms with Gasteiger partial charge in [-0.2, -0.15) is 4.98 Å². The summed E-state index contributed by atoms with van der Waals surface area (Å²) in [7, 11) is 0. The molecule has 5 rings (SSSR count). The summed E-state index contributed by atoms with van der Waals surface area (Å²) in [5.74, 6) is -0.309. The summed E-state index contributed by atoms with van der Waals surface area (Å²) in [5, 5.41) is 24.0. The zero-order valence-electron chi connectivity index (χ0n) is 29.4. The summed E-state index contributed by atoms with van der Waals surface area (Å²) < 4.78 is 11.4. The van der Waals surface area contributed by atoms with Gasteiger partial charge in [0.1, 0.15) is 17.8 Å². The van der Waals surface area contributed by atoms with E-state index in [0.29, 0.717) is 49.7 Å². The Kier molecular flexibility index (Phi) is 13.6. The maximum absolute atomic E-state index is 14.3. The SMILES string of the molecule is CC(C)C[C@H]1NC(=O)c2ccccc2OCc2noc(n2)CCCCCCCCNC(=O)CN(C2CCNCC2)C(=O)[C@H]2C[C@H](O)CN2C1=O. The molecule has 14 heteroatoms. The fourth-order valence-corrected chi connectivity index (χ4v) is 7.04. The fraction of sp³-hybridized carbons (Fsp3) is 0.667. The van der Waals surface area contributed by atoms with Crippen LogP contribution >= 0.6 is 0 Å². The van der Waals surface area contributed by atoms with Gasteiger partial charge in [-0.15, -0.1) is 0 Å². The Morgan fingerprint density at radius 1 is 0.940 bits per heavy atom. The highest BCUT2D eigenvalue weighted by atomic mass is 16.5. The van der Waals surface area contributed by atoms with Crippen LogP contribution in [0.15, 0.2) is 28.8 Å². The average Bonchev–Trinajstić information content (AvgIpc) is 3.74. The summed E-state index contributed by atoms with van der Waals surface area (Å²) >= 11 is 0. The van der Waals surface area contributed by atoms with Gasteiger partial charge in [-0.25, -0.2) is 0 Å². The third kappa shape index (κ3) is 10.3. The number of ether oxygens (including phenoxy) is 1. The lowest BCUT2D eigenvalue weighted by atomic mass is 10.0. The van der Waals surface area contributed by atoms with Crippen LogP contribution in [0, 0.1) is 5.92 Å². The van der Waals surface area contributed by atoms with Crippen molar-refractivity contribution in [3.63, 3.8) is 0 Å². The standard InChI is InChI=1S/C36H53N7O7/c1-24(2)19-28-35(47)43-21-26(44)20-29(43)36(48)42(25-14-17-37-18-15-25)22-32(45)38-16-10-6-4-3-5-7-13-33-40-31(41-50-33)23-49-30-12-9-8-11-27(30)34(46)39-28/h8-9,11-12,24-26,28-29,37,44H,3-7,10,13-23H2,1-2H3,(H,38,45)(H,39,46)/t26-,28+,29+/m0/s1. The lowest BCUT2D eigenvalue weighted by Crippen LogP contribution is -2.58. The van der Waals surface area contributed by atoms with E-state index in [0.717, 1.165) is 51.6 Å². The van der Waals surface area contributed by atoms with E-state index in [-0.39, 0.29) is 55.5 Å². The van der Waals surface area contributed by atoms with E-state index < -0.39 is 30.0 Å². The number of nitrogens with zero attached hydrogens (tertiary/aromatic N) is 4. The van der Waals surface area contributed by atoms with E-state index >= 15 is 0 Å². The molecule has 4 heterocycles. The molecule has 274 valence electrons. The smallest absolute Gasteiger partial charge is 0.255 e. The van der Waals surface area contributed by atoms with Gasteiger partial charge in [0.05, 0.1) is 18.2 Å². The molecule has 2 aromatic rings. The van der Waals surface area contributed by atoms with Gasteiger partial charge in [-0.3, -0.25) is 19.2 Å². The zero-order valence-corrected chi connectivity index (χ0v) is 29.4. The second-order valence-corrected chi connectivity index (χ2v) is 14.1. The van der Waals surface area contributed by atoms with Gasteiger partial charge >= 0.3 is 0 Å². The number of hydrogen-bond acceptors (Lipinski definition) is 10. The van der Waals surface area contributed by atoms with Crippen molar-refractivity contribution in [3.05, 3.63) is 41.5 Å². The van der Waals surface area contributed by atoms with Crippen molar-refractivity contribution in [1.29, 1.82) is 0 Å². The Labute approximate surface area is 294 Å². The van der Waals surface area contributed by atoms with Crippen LogP contribution < -0.4 is 20.7 Å². The summed E-state index contributed by atoms with van der Waals surface area (Å²) in [5.41, 5.74) is 0.233. The van der Waals surface area contributed by atoms with E-state index in [1.54, 1.807) is 29.2 Å². The van der Waals surface area contributed by atoms with Crippen molar-refractivity contribution in [1.82, 2.24) is 35.9 Å². The second-order valence-electron chi connectivity index (χ2n) is 14.1. The number of rotatable bonds is 3. The van der Waals surface area contributed by atoms with Gasteiger partial charge in [0.25, 0.3) is 5.91 Å². The maximum atomic E-state index is 14.3. The third-order valence-electron chi connectivity index (χ3n) is 9.64. The molecule has 0 radical (unpaired) electrons. The van der Waals surface area contributed by atoms with E-state index in [1.807, 2.05) is 13.8 Å².